The number of likely N-dealkylation sites (tertiary alicyclic amines) is 1. The van der Waals surface area contributed by atoms with Crippen molar-refractivity contribution in [1.82, 2.24) is 31.2 Å². The van der Waals surface area contributed by atoms with Crippen LogP contribution in [0.1, 0.15) is 93.0 Å². The van der Waals surface area contributed by atoms with E-state index in [0.29, 0.717) is 0 Å². The molecule has 6 N–H and O–H groups in total. The molecule has 2 aliphatic heterocycles. The number of aryl methyl sites for hydroxylation is 1. The predicted molar refractivity (Wildman–Crippen MR) is 316 cm³/mol. The van der Waals surface area contributed by atoms with Gasteiger partial charge in [0.15, 0.2) is 0 Å². The molecular weight excluding hydrogens is 1150 g/mol. The molecule has 0 bridgehead atoms. The van der Waals surface area contributed by atoms with Gasteiger partial charge in [-0.15, -0.1) is 11.3 Å². The lowest BCUT2D eigenvalue weighted by Gasteiger charge is -2.37. The van der Waals surface area contributed by atoms with Crippen molar-refractivity contribution in [2.75, 3.05) is 65.2 Å². The van der Waals surface area contributed by atoms with Gasteiger partial charge in [-0.2, -0.15) is 5.26 Å². The Labute approximate surface area is 502 Å². The summed E-state index contributed by atoms with van der Waals surface area (Å²) in [5.74, 6) is -5.43. The molecule has 2 saturated heterocycles. The van der Waals surface area contributed by atoms with Crippen molar-refractivity contribution < 1.29 is 56.8 Å². The summed E-state index contributed by atoms with van der Waals surface area (Å²) in [4.78, 5) is 75.1. The summed E-state index contributed by atoms with van der Waals surface area (Å²) in [6.45, 7) is 13.8. The zero-order valence-corrected chi connectivity index (χ0v) is 50.5. The first-order chi connectivity index (χ1) is 39.9. The van der Waals surface area contributed by atoms with Crippen LogP contribution < -0.4 is 31.3 Å². The first-order valence-corrected chi connectivity index (χ1v) is 29.1. The number of nitrogens with one attached hydrogen (secondary N) is 5. The number of rotatable bonds is 24. The minimum atomic E-state index is -1.84. The van der Waals surface area contributed by atoms with Gasteiger partial charge in [-0.25, -0.2) is 13.8 Å². The Hall–Kier alpha value is -6.61. The maximum Gasteiger partial charge on any atom is 0.251 e. The van der Waals surface area contributed by atoms with Crippen molar-refractivity contribution >= 4 is 69.8 Å². The Bertz CT molecular complexity index is 3210. The van der Waals surface area contributed by atoms with Crippen LogP contribution in [0.5, 0.6) is 5.75 Å². The van der Waals surface area contributed by atoms with E-state index >= 15 is 8.78 Å². The van der Waals surface area contributed by atoms with Gasteiger partial charge < -0.3 is 55.5 Å². The highest BCUT2D eigenvalue weighted by molar-refractivity contribution is 7.13. The zero-order valence-electron chi connectivity index (χ0n) is 48.2. The molecule has 2 fully saturated rings. The summed E-state index contributed by atoms with van der Waals surface area (Å²) in [6, 6.07) is 18.5. The molecule has 0 aliphatic carbocycles. The third-order valence-corrected chi connectivity index (χ3v) is 16.2. The standard InChI is InChI=1S/C61H72Cl2F2N8O10S/c1-35-53(84-34-69-35)37-14-12-36(13-15-37)30-68-56(77)46-28-40(74)31-73(46)58(79)54(60(5,6)7)72-49(75)32-83-25-24-82-23-22-81-21-20-67-55(76)38-16-19-45(47(26-38)80-8)70-57(78)52-50(41-10-9-11-43(63)51(41)65)61(33-66,48(71-52)29-59(2,3)4)42-18-17-39(62)27-44(42)64/h9-19,26-27,34,40,46,48,50,52,54,71,74H,20-25,28-32H2,1-8H3,(H,67,76)(H,68,77)(H,70,78)(H,72,75)/t40-,46+,48?,50+,52-,54-,61?/m1/s1. The maximum atomic E-state index is 16.2. The van der Waals surface area contributed by atoms with Crippen molar-refractivity contribution in [2.24, 2.45) is 10.8 Å². The number of nitriles is 1. The quantitative estimate of drug-likeness (QED) is 0.0319. The number of halogens is 4. The maximum absolute atomic E-state index is 16.2. The number of hydrogen-bond acceptors (Lipinski definition) is 14. The van der Waals surface area contributed by atoms with E-state index in [1.807, 2.05) is 52.0 Å². The van der Waals surface area contributed by atoms with Crippen LogP contribution in [-0.2, 0) is 45.3 Å². The lowest BCUT2D eigenvalue weighted by atomic mass is 9.62. The number of amides is 5. The Balaban J connectivity index is 0.838. The summed E-state index contributed by atoms with van der Waals surface area (Å²) in [7, 11) is 1.36. The smallest absolute Gasteiger partial charge is 0.251 e. The zero-order chi connectivity index (χ0) is 61.1. The van der Waals surface area contributed by atoms with E-state index in [2.05, 4.69) is 37.6 Å². The van der Waals surface area contributed by atoms with Crippen molar-refractivity contribution in [3.8, 4) is 22.3 Å². The number of aliphatic hydroxyl groups is 1. The molecule has 7 rings (SSSR count). The Morgan fingerprint density at radius 2 is 1.62 bits per heavy atom. The topological polar surface area (TPSA) is 243 Å². The minimum Gasteiger partial charge on any atom is -0.495 e. The van der Waals surface area contributed by atoms with Crippen LogP contribution >= 0.6 is 34.5 Å². The SMILES string of the molecule is COc1cc(C(=O)NCCOCCOCCOCC(=O)N[C@H](C(=O)N2C[C@H](O)C[C@H]2C(=O)NCc2ccc(-c3scnc3C)cc2)C(C)(C)C)ccc1NC(=O)[C@@H]1NC(CC(C)(C)C)C(C#N)(c2ccc(Cl)cc2F)[C@H]1c1cccc(Cl)c1F. The molecule has 4 aromatic carbocycles. The second-order valence-electron chi connectivity index (χ2n) is 23.1. The minimum absolute atomic E-state index is 0.0573. The van der Waals surface area contributed by atoms with Crippen LogP contribution in [-0.4, -0.2) is 135 Å². The van der Waals surface area contributed by atoms with Crippen LogP contribution in [0.2, 0.25) is 10.0 Å². The summed E-state index contributed by atoms with van der Waals surface area (Å²) < 4.78 is 54.6. The van der Waals surface area contributed by atoms with E-state index < -0.39 is 93.6 Å². The molecule has 5 amide bonds. The number of β-amino-alcohol motifs (C(OH)–C–C–N with tert-alkyl or cyclic N) is 1. The summed E-state index contributed by atoms with van der Waals surface area (Å²) in [6.07, 6.45) is -0.584. The fraction of sp³-hybridized carbons (Fsp3) is 0.459. The molecule has 7 atom stereocenters. The second kappa shape index (κ2) is 28.5. The number of anilines is 1. The summed E-state index contributed by atoms with van der Waals surface area (Å²) >= 11 is 14.0. The van der Waals surface area contributed by atoms with Gasteiger partial charge in [-0.3, -0.25) is 24.0 Å². The molecule has 450 valence electrons. The monoisotopic (exact) mass is 1220 g/mol. The van der Waals surface area contributed by atoms with Gasteiger partial charge in [0.25, 0.3) is 5.91 Å². The average Bonchev–Trinajstić information content (AvgIpc) is 3.46. The molecule has 84 heavy (non-hydrogen) atoms. The molecule has 23 heteroatoms. The highest BCUT2D eigenvalue weighted by Gasteiger charge is 2.61. The predicted octanol–water partition coefficient (Wildman–Crippen LogP) is 8.26. The number of ether oxygens (including phenoxy) is 4. The first-order valence-electron chi connectivity index (χ1n) is 27.5. The number of carbonyl (C=O) groups excluding carboxylic acids is 5. The third-order valence-electron chi connectivity index (χ3n) is 14.7. The number of hydrogen-bond donors (Lipinski definition) is 6. The fourth-order valence-electron chi connectivity index (χ4n) is 10.6. The Morgan fingerprint density at radius 1 is 0.917 bits per heavy atom. The van der Waals surface area contributed by atoms with Gasteiger partial charge in [0.05, 0.1) is 85.2 Å². The van der Waals surface area contributed by atoms with Crippen molar-refractivity contribution in [1.29, 1.82) is 5.26 Å². The average molecular weight is 1220 g/mol. The van der Waals surface area contributed by atoms with Gasteiger partial charge >= 0.3 is 0 Å². The van der Waals surface area contributed by atoms with Gasteiger partial charge in [-0.1, -0.05) is 107 Å². The molecule has 0 saturated carbocycles. The van der Waals surface area contributed by atoms with E-state index in [-0.39, 0.29) is 110 Å². The fourth-order valence-corrected chi connectivity index (χ4v) is 11.8. The molecule has 0 spiro atoms. The van der Waals surface area contributed by atoms with Crippen LogP contribution in [0.25, 0.3) is 10.4 Å². The lowest BCUT2D eigenvalue weighted by Crippen LogP contribution is -2.58. The summed E-state index contributed by atoms with van der Waals surface area (Å²) in [5.41, 5.74) is 1.81. The first kappa shape index (κ1) is 64.9. The molecule has 2 aliphatic rings. The van der Waals surface area contributed by atoms with Crippen molar-refractivity contribution in [3.63, 3.8) is 0 Å². The van der Waals surface area contributed by atoms with Crippen molar-refractivity contribution in [2.45, 2.75) is 109 Å². The van der Waals surface area contributed by atoms with Crippen LogP contribution in [0.4, 0.5) is 14.5 Å². The number of carbonyl (C=O) groups is 5. The Morgan fingerprint density at radius 3 is 2.26 bits per heavy atom. The normalized spacial score (nSPS) is 20.0. The molecule has 2 unspecified atom stereocenters. The van der Waals surface area contributed by atoms with Crippen molar-refractivity contribution in [3.05, 3.63) is 134 Å². The van der Waals surface area contributed by atoms with Crippen LogP contribution in [0, 0.1) is 40.7 Å². The molecule has 1 aromatic heterocycles. The Kier molecular flexibility index (Phi) is 22.0. The van der Waals surface area contributed by atoms with E-state index in [0.717, 1.165) is 27.8 Å². The number of thiazole rings is 1. The molecule has 18 nitrogen and oxygen atoms in total. The number of aromatic nitrogens is 1. The van der Waals surface area contributed by atoms with Gasteiger partial charge in [0.2, 0.25) is 23.6 Å². The van der Waals surface area contributed by atoms with E-state index in [1.165, 1.54) is 60.5 Å². The highest BCUT2D eigenvalue weighted by atomic mass is 35.5. The number of aliphatic hydroxyl groups excluding tert-OH is 1. The van der Waals surface area contributed by atoms with Gasteiger partial charge in [-0.05, 0) is 77.3 Å². The summed E-state index contributed by atoms with van der Waals surface area (Å²) in [5, 5.41) is 36.2. The van der Waals surface area contributed by atoms with E-state index in [1.54, 1.807) is 37.6 Å². The largest absolute Gasteiger partial charge is 0.495 e. The highest BCUT2D eigenvalue weighted by Crippen LogP contribution is 2.53. The van der Waals surface area contributed by atoms with E-state index in [4.69, 9.17) is 42.1 Å². The van der Waals surface area contributed by atoms with Gasteiger partial charge in [0.1, 0.15) is 41.5 Å². The molecular formula is C61H72Cl2F2N8O10S. The number of methoxy groups -OCH3 is 1. The molecule has 3 heterocycles. The number of nitrogens with zero attached hydrogens (tertiary/aromatic N) is 3. The second-order valence-corrected chi connectivity index (χ2v) is 24.8. The van der Waals surface area contributed by atoms with Gasteiger partial charge in [0, 0.05) is 54.2 Å². The van der Waals surface area contributed by atoms with Crippen LogP contribution in [0.3, 0.4) is 0 Å². The number of benzene rings is 4. The molecule has 0 radical (unpaired) electrons. The third kappa shape index (κ3) is 15.8. The lowest BCUT2D eigenvalue weighted by molar-refractivity contribution is -0.144. The van der Waals surface area contributed by atoms with Crippen LogP contribution in [0.15, 0.2) is 84.4 Å². The molecule has 5 aromatic rings. The van der Waals surface area contributed by atoms with E-state index in [9.17, 15) is 34.3 Å².